The molecule has 0 spiro atoms. The Morgan fingerprint density at radius 2 is 1.90 bits per heavy atom. The van der Waals surface area contributed by atoms with Gasteiger partial charge in [0.1, 0.15) is 0 Å². The number of aryl methyl sites for hydroxylation is 1. The van der Waals surface area contributed by atoms with Crippen molar-refractivity contribution in [3.05, 3.63) is 57.2 Å². The zero-order chi connectivity index (χ0) is 14.7. The van der Waals surface area contributed by atoms with Gasteiger partial charge in [-0.05, 0) is 65.4 Å². The van der Waals surface area contributed by atoms with Crippen LogP contribution in [-0.2, 0) is 0 Å². The van der Waals surface area contributed by atoms with Crippen LogP contribution in [-0.4, -0.2) is 18.3 Å². The molecule has 2 rings (SSSR count). The Labute approximate surface area is 130 Å². The summed E-state index contributed by atoms with van der Waals surface area (Å²) in [6.07, 6.45) is 0. The monoisotopic (exact) mass is 389 g/mol. The van der Waals surface area contributed by atoms with Crippen molar-refractivity contribution in [2.75, 3.05) is 18.1 Å². The maximum atomic E-state index is 14.0. The minimum absolute atomic E-state index is 0.128. The Kier molecular flexibility index (Phi) is 4.93. The first-order valence-corrected chi connectivity index (χ1v) is 7.21. The van der Waals surface area contributed by atoms with Crippen LogP contribution in [0.1, 0.15) is 5.56 Å². The lowest BCUT2D eigenvalue weighted by Crippen LogP contribution is -2.23. The van der Waals surface area contributed by atoms with Crippen molar-refractivity contribution in [2.45, 2.75) is 6.92 Å². The van der Waals surface area contributed by atoms with Crippen LogP contribution in [0.4, 0.5) is 20.2 Å². The quantitative estimate of drug-likeness (QED) is 0.799. The van der Waals surface area contributed by atoms with E-state index < -0.39 is 11.6 Å². The van der Waals surface area contributed by atoms with E-state index in [4.69, 9.17) is 0 Å². The number of aliphatic hydroxyl groups excluding tert-OH is 1. The molecule has 0 radical (unpaired) electrons. The van der Waals surface area contributed by atoms with Gasteiger partial charge in [-0.15, -0.1) is 0 Å². The first-order valence-electron chi connectivity index (χ1n) is 6.13. The molecule has 5 heteroatoms. The van der Waals surface area contributed by atoms with Crippen LogP contribution in [0.3, 0.4) is 0 Å². The third-order valence-electron chi connectivity index (χ3n) is 3.00. The zero-order valence-electron chi connectivity index (χ0n) is 10.9. The van der Waals surface area contributed by atoms with E-state index >= 15 is 0 Å². The molecule has 2 nitrogen and oxygen atoms in total. The van der Waals surface area contributed by atoms with E-state index in [1.807, 2.05) is 25.1 Å². The van der Waals surface area contributed by atoms with Crippen LogP contribution >= 0.6 is 22.6 Å². The summed E-state index contributed by atoms with van der Waals surface area (Å²) in [4.78, 5) is 1.59. The topological polar surface area (TPSA) is 23.5 Å². The van der Waals surface area contributed by atoms with Crippen LogP contribution < -0.4 is 4.90 Å². The number of benzene rings is 2. The normalized spacial score (nSPS) is 10.7. The minimum atomic E-state index is -0.904. The Hall–Kier alpha value is -1.21. The molecule has 0 bridgehead atoms. The van der Waals surface area contributed by atoms with E-state index in [9.17, 15) is 13.9 Å². The zero-order valence-corrected chi connectivity index (χ0v) is 13.1. The summed E-state index contributed by atoms with van der Waals surface area (Å²) < 4.78 is 28.4. The van der Waals surface area contributed by atoms with Gasteiger partial charge in [-0.2, -0.15) is 0 Å². The third-order valence-corrected chi connectivity index (χ3v) is 3.67. The Morgan fingerprint density at radius 1 is 1.15 bits per heavy atom. The van der Waals surface area contributed by atoms with Gasteiger partial charge in [0, 0.05) is 15.8 Å². The Morgan fingerprint density at radius 3 is 2.55 bits per heavy atom. The number of nitrogens with zero attached hydrogens (tertiary/aromatic N) is 1. The van der Waals surface area contributed by atoms with Crippen LogP contribution in [0.2, 0.25) is 0 Å². The lowest BCUT2D eigenvalue weighted by atomic mass is 10.1. The molecule has 106 valence electrons. The molecule has 0 aliphatic rings. The first kappa shape index (κ1) is 15.2. The van der Waals surface area contributed by atoms with Crippen molar-refractivity contribution in [3.63, 3.8) is 0 Å². The van der Waals surface area contributed by atoms with Crippen LogP contribution in [0.15, 0.2) is 36.4 Å². The van der Waals surface area contributed by atoms with E-state index in [1.54, 1.807) is 4.90 Å². The molecular formula is C15H14F2INO. The molecule has 0 aliphatic carbocycles. The summed E-state index contributed by atoms with van der Waals surface area (Å²) in [5.74, 6) is -1.80. The van der Waals surface area contributed by atoms with E-state index in [0.29, 0.717) is 0 Å². The molecule has 0 atom stereocenters. The SMILES string of the molecule is Cc1cc(I)ccc1N(CCO)c1cccc(F)c1F. The van der Waals surface area contributed by atoms with Gasteiger partial charge in [-0.1, -0.05) is 6.07 Å². The fraction of sp³-hybridized carbons (Fsp3) is 0.200. The standard InChI is InChI=1S/C15H14F2INO/c1-10-9-11(18)5-6-13(10)19(7-8-20)14-4-2-3-12(16)15(14)17/h2-6,9,20H,7-8H2,1H3. The van der Waals surface area contributed by atoms with Crippen molar-refractivity contribution in [1.82, 2.24) is 0 Å². The fourth-order valence-electron chi connectivity index (χ4n) is 2.09. The molecule has 2 aromatic rings. The smallest absolute Gasteiger partial charge is 0.182 e. The number of aliphatic hydroxyl groups is 1. The molecule has 0 aliphatic heterocycles. The highest BCUT2D eigenvalue weighted by Gasteiger charge is 2.17. The van der Waals surface area contributed by atoms with Crippen molar-refractivity contribution in [2.24, 2.45) is 0 Å². The van der Waals surface area contributed by atoms with Gasteiger partial charge < -0.3 is 10.0 Å². The maximum Gasteiger partial charge on any atom is 0.182 e. The number of hydrogen-bond acceptors (Lipinski definition) is 2. The largest absolute Gasteiger partial charge is 0.395 e. The lowest BCUT2D eigenvalue weighted by molar-refractivity contribution is 0.305. The van der Waals surface area contributed by atoms with Gasteiger partial charge in [0.25, 0.3) is 0 Å². The lowest BCUT2D eigenvalue weighted by Gasteiger charge is -2.26. The van der Waals surface area contributed by atoms with E-state index in [2.05, 4.69) is 22.6 Å². The van der Waals surface area contributed by atoms with E-state index in [0.717, 1.165) is 20.9 Å². The predicted molar refractivity (Wildman–Crippen MR) is 84.3 cm³/mol. The third kappa shape index (κ3) is 3.09. The summed E-state index contributed by atoms with van der Waals surface area (Å²) in [5, 5.41) is 9.21. The Balaban J connectivity index is 2.53. The molecular weight excluding hydrogens is 375 g/mol. The molecule has 0 fully saturated rings. The van der Waals surface area contributed by atoms with E-state index in [1.165, 1.54) is 12.1 Å². The average molecular weight is 389 g/mol. The molecule has 0 heterocycles. The maximum absolute atomic E-state index is 14.0. The molecule has 0 unspecified atom stereocenters. The summed E-state index contributed by atoms with van der Waals surface area (Å²) in [5.41, 5.74) is 1.82. The van der Waals surface area contributed by atoms with E-state index in [-0.39, 0.29) is 18.8 Å². The summed E-state index contributed by atoms with van der Waals surface area (Å²) in [7, 11) is 0. The van der Waals surface area contributed by atoms with Crippen LogP contribution in [0, 0.1) is 22.1 Å². The van der Waals surface area contributed by atoms with Gasteiger partial charge in [0.2, 0.25) is 0 Å². The average Bonchev–Trinajstić information content (AvgIpc) is 2.40. The van der Waals surface area contributed by atoms with Crippen molar-refractivity contribution in [1.29, 1.82) is 0 Å². The second-order valence-corrected chi connectivity index (χ2v) is 5.62. The number of hydrogen-bond donors (Lipinski definition) is 1. The highest BCUT2D eigenvalue weighted by atomic mass is 127. The molecule has 1 N–H and O–H groups in total. The summed E-state index contributed by atoms with van der Waals surface area (Å²) in [6.45, 7) is 1.95. The fourth-order valence-corrected chi connectivity index (χ4v) is 2.74. The highest BCUT2D eigenvalue weighted by Crippen LogP contribution is 2.31. The number of rotatable bonds is 4. The molecule has 0 saturated carbocycles. The van der Waals surface area contributed by atoms with Gasteiger partial charge in [0.05, 0.1) is 12.3 Å². The molecule has 0 saturated heterocycles. The number of halogens is 3. The van der Waals surface area contributed by atoms with Gasteiger partial charge in [-0.25, -0.2) is 8.78 Å². The summed E-state index contributed by atoms with van der Waals surface area (Å²) >= 11 is 2.19. The first-order chi connectivity index (χ1) is 9.54. The van der Waals surface area contributed by atoms with Crippen LogP contribution in [0.25, 0.3) is 0 Å². The molecule has 0 amide bonds. The van der Waals surface area contributed by atoms with Gasteiger partial charge in [0.15, 0.2) is 11.6 Å². The van der Waals surface area contributed by atoms with Crippen molar-refractivity contribution >= 4 is 34.0 Å². The molecule has 20 heavy (non-hydrogen) atoms. The van der Waals surface area contributed by atoms with Crippen molar-refractivity contribution < 1.29 is 13.9 Å². The summed E-state index contributed by atoms with van der Waals surface area (Å²) in [6, 6.07) is 9.74. The molecule has 2 aromatic carbocycles. The van der Waals surface area contributed by atoms with Crippen LogP contribution in [0.5, 0.6) is 0 Å². The second-order valence-electron chi connectivity index (χ2n) is 4.38. The van der Waals surface area contributed by atoms with Gasteiger partial charge >= 0.3 is 0 Å². The van der Waals surface area contributed by atoms with Gasteiger partial charge in [-0.3, -0.25) is 0 Å². The predicted octanol–water partition coefficient (Wildman–Crippen LogP) is 4.01. The van der Waals surface area contributed by atoms with Crippen molar-refractivity contribution in [3.8, 4) is 0 Å². The second kappa shape index (κ2) is 6.49. The molecule has 0 aromatic heterocycles. The highest BCUT2D eigenvalue weighted by molar-refractivity contribution is 14.1. The Bertz CT molecular complexity index is 619. The number of anilines is 2. The minimum Gasteiger partial charge on any atom is -0.395 e.